The molecule has 0 fully saturated rings. The second kappa shape index (κ2) is 8.65. The Morgan fingerprint density at radius 2 is 2.25 bits per heavy atom. The van der Waals surface area contributed by atoms with Gasteiger partial charge in [0.05, 0.1) is 4.43 Å². The van der Waals surface area contributed by atoms with Gasteiger partial charge >= 0.3 is 5.97 Å². The van der Waals surface area contributed by atoms with E-state index >= 15 is 0 Å². The third-order valence-corrected chi connectivity index (χ3v) is 1.33. The van der Waals surface area contributed by atoms with Crippen molar-refractivity contribution < 1.29 is 14.3 Å². The minimum Gasteiger partial charge on any atom is -0.462 e. The average molecular weight is 282 g/mol. The van der Waals surface area contributed by atoms with Crippen molar-refractivity contribution in [2.75, 3.05) is 17.6 Å². The summed E-state index contributed by atoms with van der Waals surface area (Å²) in [6.07, 6.45) is 2.88. The first-order valence-electron chi connectivity index (χ1n) is 3.62. The second-order valence-electron chi connectivity index (χ2n) is 1.83. The van der Waals surface area contributed by atoms with Gasteiger partial charge in [-0.25, -0.2) is 0 Å². The molecular formula is C8H11IO3. The van der Waals surface area contributed by atoms with Crippen molar-refractivity contribution in [3.8, 4) is 12.0 Å². The molecule has 0 aliphatic heterocycles. The molecule has 0 aliphatic carbocycles. The Balaban J connectivity index is 3.16. The first-order valence-corrected chi connectivity index (χ1v) is 5.15. The number of halogens is 1. The molecule has 68 valence electrons. The molecular weight excluding hydrogens is 271 g/mol. The van der Waals surface area contributed by atoms with Crippen molar-refractivity contribution in [2.45, 2.75) is 13.3 Å². The van der Waals surface area contributed by atoms with Crippen LogP contribution in [-0.2, 0) is 14.3 Å². The Bertz CT molecular complexity index is 180. The van der Waals surface area contributed by atoms with Gasteiger partial charge in [0.2, 0.25) is 0 Å². The van der Waals surface area contributed by atoms with Crippen LogP contribution in [0.1, 0.15) is 13.3 Å². The van der Waals surface area contributed by atoms with Gasteiger partial charge in [-0.3, -0.25) is 4.79 Å². The Morgan fingerprint density at radius 3 is 2.83 bits per heavy atom. The summed E-state index contributed by atoms with van der Waals surface area (Å²) in [4.78, 5) is 10.6. The molecule has 3 nitrogen and oxygen atoms in total. The van der Waals surface area contributed by atoms with Crippen molar-refractivity contribution in [1.29, 1.82) is 0 Å². The van der Waals surface area contributed by atoms with Gasteiger partial charge in [-0.05, 0) is 5.92 Å². The summed E-state index contributed by atoms with van der Waals surface area (Å²) >= 11 is 2.13. The topological polar surface area (TPSA) is 35.5 Å². The fraction of sp³-hybridized carbons (Fsp3) is 0.625. The predicted molar refractivity (Wildman–Crippen MR) is 53.9 cm³/mol. The van der Waals surface area contributed by atoms with Crippen molar-refractivity contribution in [1.82, 2.24) is 0 Å². The van der Waals surface area contributed by atoms with E-state index in [1.807, 2.05) is 0 Å². The van der Waals surface area contributed by atoms with E-state index in [1.54, 1.807) is 6.92 Å². The summed E-state index contributed by atoms with van der Waals surface area (Å²) in [7, 11) is 0. The van der Waals surface area contributed by atoms with Crippen LogP contribution in [0.5, 0.6) is 0 Å². The Kier molecular flexibility index (Phi) is 8.34. The van der Waals surface area contributed by atoms with Crippen LogP contribution in [0.4, 0.5) is 0 Å². The van der Waals surface area contributed by atoms with Gasteiger partial charge in [0.15, 0.2) is 0 Å². The van der Waals surface area contributed by atoms with Crippen LogP contribution in [0.3, 0.4) is 0 Å². The molecule has 0 spiro atoms. The molecule has 0 rings (SSSR count). The quantitative estimate of drug-likeness (QED) is 0.257. The monoisotopic (exact) mass is 282 g/mol. The lowest BCUT2D eigenvalue weighted by Gasteiger charge is -2.00. The first kappa shape index (κ1) is 11.6. The summed E-state index contributed by atoms with van der Waals surface area (Å²) in [5.74, 6) is 2.52. The smallest absolute Gasteiger partial charge is 0.305 e. The lowest BCUT2D eigenvalue weighted by atomic mass is 10.5. The van der Waals surface area contributed by atoms with Gasteiger partial charge in [-0.2, -0.15) is 0 Å². The van der Waals surface area contributed by atoms with E-state index in [-0.39, 0.29) is 12.6 Å². The second-order valence-corrected chi connectivity index (χ2v) is 2.60. The summed E-state index contributed by atoms with van der Waals surface area (Å²) in [5.41, 5.74) is 0. The summed E-state index contributed by atoms with van der Waals surface area (Å²) in [6, 6.07) is 0. The average Bonchev–Trinajstić information content (AvgIpc) is 2.10. The number of alkyl halides is 1. The maximum absolute atomic E-state index is 10.6. The third kappa shape index (κ3) is 7.66. The molecule has 0 amide bonds. The molecule has 0 bridgehead atoms. The predicted octanol–water partition coefficient (Wildman–Crippen LogP) is 1.35. The molecule has 0 saturated heterocycles. The summed E-state index contributed by atoms with van der Waals surface area (Å²) < 4.78 is 10.3. The normalized spacial score (nSPS) is 8.17. The zero-order valence-corrected chi connectivity index (χ0v) is 9.09. The summed E-state index contributed by atoms with van der Waals surface area (Å²) in [5, 5.41) is 0. The van der Waals surface area contributed by atoms with Crippen molar-refractivity contribution in [3.63, 3.8) is 0 Å². The number of ether oxygens (including phenoxy) is 2. The minimum atomic E-state index is -0.208. The van der Waals surface area contributed by atoms with Crippen LogP contribution in [0.25, 0.3) is 0 Å². The lowest BCUT2D eigenvalue weighted by Crippen LogP contribution is -2.07. The molecule has 4 heteroatoms. The number of hydrogen-bond acceptors (Lipinski definition) is 3. The van der Waals surface area contributed by atoms with E-state index in [9.17, 15) is 4.79 Å². The van der Waals surface area contributed by atoms with Crippen LogP contribution in [-0.4, -0.2) is 23.6 Å². The molecule has 0 saturated carbocycles. The molecule has 0 aromatic carbocycles. The molecule has 0 unspecified atom stereocenters. The maximum Gasteiger partial charge on any atom is 0.305 e. The molecule has 0 atom stereocenters. The van der Waals surface area contributed by atoms with Gasteiger partial charge in [0.1, 0.15) is 19.3 Å². The Morgan fingerprint density at radius 1 is 1.50 bits per heavy atom. The van der Waals surface area contributed by atoms with Crippen LogP contribution in [0.2, 0.25) is 0 Å². The number of rotatable bonds is 4. The van der Waals surface area contributed by atoms with E-state index in [2.05, 4.69) is 34.6 Å². The van der Waals surface area contributed by atoms with E-state index in [0.717, 1.165) is 4.43 Å². The zero-order valence-electron chi connectivity index (χ0n) is 6.93. The zero-order chi connectivity index (χ0) is 9.23. The largest absolute Gasteiger partial charge is 0.462 e. The van der Waals surface area contributed by atoms with E-state index in [0.29, 0.717) is 13.0 Å². The maximum atomic E-state index is 10.6. The molecule has 0 aliphatic rings. The van der Waals surface area contributed by atoms with Gasteiger partial charge in [-0.15, -0.1) is 0 Å². The van der Waals surface area contributed by atoms with Crippen LogP contribution in [0.15, 0.2) is 0 Å². The van der Waals surface area contributed by atoms with Crippen molar-refractivity contribution >= 4 is 28.6 Å². The van der Waals surface area contributed by atoms with Crippen LogP contribution >= 0.6 is 22.6 Å². The number of carbonyl (C=O) groups is 1. The SMILES string of the molecule is CCC(=O)OCCOC#CCI. The third-order valence-electron chi connectivity index (χ3n) is 0.948. The highest BCUT2D eigenvalue weighted by Crippen LogP contribution is 1.84. The van der Waals surface area contributed by atoms with E-state index < -0.39 is 0 Å². The molecule has 0 N–H and O–H groups in total. The Hall–Kier alpha value is -0.440. The highest BCUT2D eigenvalue weighted by atomic mass is 127. The molecule has 0 aromatic heterocycles. The standard InChI is InChI=1S/C8H11IO3/c1-2-8(10)12-7-6-11-5-3-4-9/h2,4,6-7H2,1H3. The number of hydrogen-bond donors (Lipinski definition) is 0. The number of esters is 1. The highest BCUT2D eigenvalue weighted by molar-refractivity contribution is 14.1. The van der Waals surface area contributed by atoms with Gasteiger partial charge in [0.25, 0.3) is 0 Å². The van der Waals surface area contributed by atoms with E-state index in [4.69, 9.17) is 9.47 Å². The van der Waals surface area contributed by atoms with Gasteiger partial charge in [-0.1, -0.05) is 29.5 Å². The summed E-state index contributed by atoms with van der Waals surface area (Å²) in [6.45, 7) is 2.37. The molecule has 0 heterocycles. The lowest BCUT2D eigenvalue weighted by molar-refractivity contribution is -0.144. The van der Waals surface area contributed by atoms with Gasteiger partial charge in [0, 0.05) is 6.42 Å². The fourth-order valence-electron chi connectivity index (χ4n) is 0.429. The minimum absolute atomic E-state index is 0.208. The van der Waals surface area contributed by atoms with Crippen LogP contribution in [0, 0.1) is 12.0 Å². The fourth-order valence-corrected chi connectivity index (χ4v) is 0.584. The highest BCUT2D eigenvalue weighted by Gasteiger charge is 1.95. The van der Waals surface area contributed by atoms with E-state index in [1.165, 1.54) is 0 Å². The molecule has 0 aromatic rings. The number of carbonyl (C=O) groups excluding carboxylic acids is 1. The Labute approximate surface area is 85.9 Å². The van der Waals surface area contributed by atoms with Gasteiger partial charge < -0.3 is 9.47 Å². The van der Waals surface area contributed by atoms with Crippen LogP contribution < -0.4 is 0 Å². The first-order chi connectivity index (χ1) is 5.81. The molecule has 12 heavy (non-hydrogen) atoms. The molecule has 0 radical (unpaired) electrons. The van der Waals surface area contributed by atoms with Crippen molar-refractivity contribution in [2.24, 2.45) is 0 Å². The van der Waals surface area contributed by atoms with Crippen molar-refractivity contribution in [3.05, 3.63) is 0 Å².